The van der Waals surface area contributed by atoms with Gasteiger partial charge in [0, 0.05) is 13.1 Å². The molecule has 0 fully saturated rings. The van der Waals surface area contributed by atoms with E-state index in [1.54, 1.807) is 13.1 Å². The summed E-state index contributed by atoms with van der Waals surface area (Å²) in [5.41, 5.74) is 0.832. The fraction of sp³-hybridized carbons (Fsp3) is 0.429. The summed E-state index contributed by atoms with van der Waals surface area (Å²) in [7, 11) is 1.66. The summed E-state index contributed by atoms with van der Waals surface area (Å²) in [6.07, 6.45) is -0.732. The van der Waals surface area contributed by atoms with Gasteiger partial charge in [-0.3, -0.25) is 4.99 Å². The minimum Gasteiger partial charge on any atom is -0.464 e. The van der Waals surface area contributed by atoms with Crippen molar-refractivity contribution in [3.8, 4) is 0 Å². The van der Waals surface area contributed by atoms with E-state index in [0.29, 0.717) is 24.8 Å². The van der Waals surface area contributed by atoms with Crippen molar-refractivity contribution in [3.63, 3.8) is 0 Å². The molecule has 0 aliphatic rings. The van der Waals surface area contributed by atoms with Crippen LogP contribution in [-0.2, 0) is 6.54 Å². The Morgan fingerprint density at radius 1 is 1.36 bits per heavy atom. The van der Waals surface area contributed by atoms with E-state index in [-0.39, 0.29) is 24.0 Å². The average Bonchev–Trinajstić information content (AvgIpc) is 3.07. The predicted octanol–water partition coefficient (Wildman–Crippen LogP) is 1.90. The highest BCUT2D eigenvalue weighted by Gasteiger charge is 2.12. The molecule has 3 N–H and O–H groups in total. The van der Waals surface area contributed by atoms with Crippen molar-refractivity contribution in [2.75, 3.05) is 13.6 Å². The molecule has 0 bridgehead atoms. The number of furan rings is 1. The van der Waals surface area contributed by atoms with Crippen molar-refractivity contribution in [1.29, 1.82) is 0 Å². The van der Waals surface area contributed by atoms with Crippen LogP contribution in [0.4, 0.5) is 0 Å². The van der Waals surface area contributed by atoms with Gasteiger partial charge in [0.25, 0.3) is 0 Å². The molecule has 8 heteroatoms. The van der Waals surface area contributed by atoms with Crippen LogP contribution in [0.1, 0.15) is 29.1 Å². The van der Waals surface area contributed by atoms with Gasteiger partial charge < -0.3 is 24.7 Å². The molecule has 22 heavy (non-hydrogen) atoms. The molecule has 0 aliphatic carbocycles. The molecule has 0 spiro atoms. The quantitative estimate of drug-likeness (QED) is 0.389. The normalized spacial score (nSPS) is 12.6. The topological polar surface area (TPSA) is 95.8 Å². The zero-order valence-electron chi connectivity index (χ0n) is 12.8. The molecule has 122 valence electrons. The van der Waals surface area contributed by atoms with Gasteiger partial charge in [-0.1, -0.05) is 5.16 Å². The van der Waals surface area contributed by atoms with E-state index in [2.05, 4.69) is 20.8 Å². The Morgan fingerprint density at radius 3 is 2.68 bits per heavy atom. The van der Waals surface area contributed by atoms with Crippen molar-refractivity contribution in [2.45, 2.75) is 26.5 Å². The number of aliphatic hydroxyl groups is 1. The average molecular weight is 420 g/mol. The first kappa shape index (κ1) is 18.5. The van der Waals surface area contributed by atoms with Crippen LogP contribution < -0.4 is 10.6 Å². The van der Waals surface area contributed by atoms with Crippen LogP contribution in [-0.4, -0.2) is 29.8 Å². The number of halogens is 1. The van der Waals surface area contributed by atoms with Gasteiger partial charge in [0.15, 0.2) is 11.7 Å². The summed E-state index contributed by atoms with van der Waals surface area (Å²) in [5.74, 6) is 2.58. The van der Waals surface area contributed by atoms with E-state index in [4.69, 9.17) is 8.94 Å². The van der Waals surface area contributed by atoms with Crippen LogP contribution in [0.2, 0.25) is 0 Å². The first-order chi connectivity index (χ1) is 10.1. The smallest absolute Gasteiger partial charge is 0.191 e. The number of nitrogens with one attached hydrogen (secondary N) is 2. The number of rotatable bonds is 5. The first-order valence-electron chi connectivity index (χ1n) is 6.69. The SMILES string of the molecule is CN=C(NCc1cc(C)no1)NCC(O)c1ccc(C)o1.I. The summed E-state index contributed by atoms with van der Waals surface area (Å²) in [4.78, 5) is 4.07. The van der Waals surface area contributed by atoms with Gasteiger partial charge in [-0.2, -0.15) is 0 Å². The van der Waals surface area contributed by atoms with Crippen LogP contribution in [0.5, 0.6) is 0 Å². The van der Waals surface area contributed by atoms with Gasteiger partial charge in [0.05, 0.1) is 18.8 Å². The maximum atomic E-state index is 10.00. The number of aliphatic imine (C=N–C) groups is 1. The van der Waals surface area contributed by atoms with Gasteiger partial charge in [0.2, 0.25) is 0 Å². The van der Waals surface area contributed by atoms with E-state index in [0.717, 1.165) is 17.2 Å². The Bertz CT molecular complexity index is 609. The lowest BCUT2D eigenvalue weighted by Crippen LogP contribution is -2.38. The molecule has 0 saturated heterocycles. The highest BCUT2D eigenvalue weighted by atomic mass is 127. The number of aliphatic hydroxyl groups excluding tert-OH is 1. The molecule has 1 unspecified atom stereocenters. The molecule has 2 rings (SSSR count). The van der Waals surface area contributed by atoms with Crippen LogP contribution in [0, 0.1) is 13.8 Å². The van der Waals surface area contributed by atoms with E-state index >= 15 is 0 Å². The Labute approximate surface area is 146 Å². The van der Waals surface area contributed by atoms with Gasteiger partial charge in [0.1, 0.15) is 17.6 Å². The van der Waals surface area contributed by atoms with E-state index in [1.165, 1.54) is 0 Å². The second-order valence-corrected chi connectivity index (χ2v) is 4.71. The van der Waals surface area contributed by atoms with Crippen molar-refractivity contribution >= 4 is 29.9 Å². The molecule has 2 aromatic heterocycles. The minimum absolute atomic E-state index is 0. The van der Waals surface area contributed by atoms with Gasteiger partial charge in [-0.15, -0.1) is 24.0 Å². The molecule has 0 aliphatic heterocycles. The number of aryl methyl sites for hydroxylation is 2. The van der Waals surface area contributed by atoms with E-state index < -0.39 is 6.10 Å². The maximum absolute atomic E-state index is 10.00. The largest absolute Gasteiger partial charge is 0.464 e. The highest BCUT2D eigenvalue weighted by molar-refractivity contribution is 14.0. The van der Waals surface area contributed by atoms with E-state index in [1.807, 2.05) is 26.0 Å². The van der Waals surface area contributed by atoms with Crippen molar-refractivity contribution in [2.24, 2.45) is 4.99 Å². The summed E-state index contributed by atoms with van der Waals surface area (Å²) >= 11 is 0. The van der Waals surface area contributed by atoms with Crippen molar-refractivity contribution < 1.29 is 14.0 Å². The molecule has 0 saturated carbocycles. The lowest BCUT2D eigenvalue weighted by atomic mass is 10.3. The van der Waals surface area contributed by atoms with Gasteiger partial charge in [-0.25, -0.2) is 0 Å². The van der Waals surface area contributed by atoms with Crippen LogP contribution >= 0.6 is 24.0 Å². The molecule has 2 heterocycles. The van der Waals surface area contributed by atoms with Crippen LogP contribution in [0.25, 0.3) is 0 Å². The second-order valence-electron chi connectivity index (χ2n) is 4.71. The lowest BCUT2D eigenvalue weighted by molar-refractivity contribution is 0.151. The molecular weight excluding hydrogens is 399 g/mol. The number of hydrogen-bond donors (Lipinski definition) is 3. The highest BCUT2D eigenvalue weighted by Crippen LogP contribution is 2.14. The Kier molecular flexibility index (Phi) is 7.39. The number of aromatic nitrogens is 1. The van der Waals surface area contributed by atoms with Crippen molar-refractivity contribution in [3.05, 3.63) is 41.2 Å². The van der Waals surface area contributed by atoms with Crippen LogP contribution in [0.3, 0.4) is 0 Å². The molecule has 1 atom stereocenters. The first-order valence-corrected chi connectivity index (χ1v) is 6.69. The fourth-order valence-electron chi connectivity index (χ4n) is 1.82. The number of hydrogen-bond acceptors (Lipinski definition) is 5. The molecule has 2 aromatic rings. The summed E-state index contributed by atoms with van der Waals surface area (Å²) in [6.45, 7) is 4.46. The van der Waals surface area contributed by atoms with Gasteiger partial charge in [-0.05, 0) is 26.0 Å². The summed E-state index contributed by atoms with van der Waals surface area (Å²) < 4.78 is 10.5. The third-order valence-electron chi connectivity index (χ3n) is 2.88. The molecular formula is C14H21IN4O3. The Morgan fingerprint density at radius 2 is 2.14 bits per heavy atom. The fourth-order valence-corrected chi connectivity index (χ4v) is 1.82. The summed E-state index contributed by atoms with van der Waals surface area (Å²) in [6, 6.07) is 5.42. The Hall–Kier alpha value is -1.55. The zero-order chi connectivity index (χ0) is 15.2. The number of nitrogens with zero attached hydrogens (tertiary/aromatic N) is 2. The molecule has 0 amide bonds. The second kappa shape index (κ2) is 8.79. The molecule has 7 nitrogen and oxygen atoms in total. The molecule has 0 radical (unpaired) electrons. The monoisotopic (exact) mass is 420 g/mol. The van der Waals surface area contributed by atoms with E-state index in [9.17, 15) is 5.11 Å². The predicted molar refractivity (Wildman–Crippen MR) is 93.3 cm³/mol. The van der Waals surface area contributed by atoms with Gasteiger partial charge >= 0.3 is 0 Å². The third-order valence-corrected chi connectivity index (χ3v) is 2.88. The maximum Gasteiger partial charge on any atom is 0.191 e. The lowest BCUT2D eigenvalue weighted by Gasteiger charge is -2.13. The minimum atomic E-state index is -0.732. The number of guanidine groups is 1. The van der Waals surface area contributed by atoms with Crippen LogP contribution in [0.15, 0.2) is 32.1 Å². The summed E-state index contributed by atoms with van der Waals surface area (Å²) in [5, 5.41) is 19.9. The zero-order valence-corrected chi connectivity index (χ0v) is 15.1. The molecule has 0 aromatic carbocycles. The standard InChI is InChI=1S/C14H20N4O3.HI/c1-9-6-11(21-18-9)7-16-14(15-3)17-8-12(19)13-5-4-10(2)20-13;/h4-6,12,19H,7-8H2,1-3H3,(H2,15,16,17);1H. The van der Waals surface area contributed by atoms with Crippen molar-refractivity contribution in [1.82, 2.24) is 15.8 Å². The third kappa shape index (κ3) is 5.34. The Balaban J connectivity index is 0.00000242.